The number of nitrogens with one attached hydrogen (secondary N) is 1. The van der Waals surface area contributed by atoms with Gasteiger partial charge in [0.05, 0.1) is 27.7 Å². The second-order valence-electron chi connectivity index (χ2n) is 6.56. The van der Waals surface area contributed by atoms with Crippen molar-refractivity contribution in [2.24, 2.45) is 0 Å². The molecule has 8 nitrogen and oxygen atoms in total. The summed E-state index contributed by atoms with van der Waals surface area (Å²) < 4.78 is 1.52. The number of anilines is 2. The number of nitrogens with zero attached hydrogens (tertiary/aromatic N) is 5. The third-order valence-corrected chi connectivity index (χ3v) is 4.80. The van der Waals surface area contributed by atoms with Gasteiger partial charge in [-0.05, 0) is 31.2 Å². The van der Waals surface area contributed by atoms with Crippen LogP contribution in [0, 0.1) is 11.3 Å². The highest BCUT2D eigenvalue weighted by atomic mass is 35.5. The van der Waals surface area contributed by atoms with Crippen molar-refractivity contribution >= 4 is 34.1 Å². The number of fused-ring (bicyclic) bond motifs is 1. The standard InChI is InChI=1S/C21H16ClN7O/c1-12(25-17-10-16(24)27-18(11-23)28-17)20-26-15-9-5-8-14(22)19(15)21(30)29(20)13-6-3-2-4-7-13/h2-10,12H,1H3,(H3,24,25,27,28). The molecule has 0 bridgehead atoms. The minimum atomic E-state index is -0.456. The Labute approximate surface area is 176 Å². The Morgan fingerprint density at radius 3 is 2.63 bits per heavy atom. The van der Waals surface area contributed by atoms with Crippen molar-refractivity contribution in [1.82, 2.24) is 19.5 Å². The van der Waals surface area contributed by atoms with E-state index in [0.717, 1.165) is 0 Å². The van der Waals surface area contributed by atoms with Crippen molar-refractivity contribution in [2.45, 2.75) is 13.0 Å². The number of aromatic nitrogens is 4. The largest absolute Gasteiger partial charge is 0.383 e. The average molecular weight is 418 g/mol. The van der Waals surface area contributed by atoms with Crippen LogP contribution < -0.4 is 16.6 Å². The van der Waals surface area contributed by atoms with E-state index in [1.165, 1.54) is 10.6 Å². The molecule has 3 N–H and O–H groups in total. The molecular formula is C21H16ClN7O. The summed E-state index contributed by atoms with van der Waals surface area (Å²) in [4.78, 5) is 26.1. The molecule has 0 aliphatic heterocycles. The van der Waals surface area contributed by atoms with Gasteiger partial charge in [-0.25, -0.2) is 15.0 Å². The van der Waals surface area contributed by atoms with Gasteiger partial charge in [-0.15, -0.1) is 0 Å². The molecule has 2 aromatic heterocycles. The molecule has 2 aromatic carbocycles. The lowest BCUT2D eigenvalue weighted by atomic mass is 10.2. The topological polar surface area (TPSA) is 123 Å². The van der Waals surface area contributed by atoms with Crippen molar-refractivity contribution in [3.8, 4) is 11.8 Å². The van der Waals surface area contributed by atoms with Crippen molar-refractivity contribution in [3.63, 3.8) is 0 Å². The Kier molecular flexibility index (Phi) is 5.04. The number of benzene rings is 2. The molecule has 0 aliphatic rings. The third-order valence-electron chi connectivity index (χ3n) is 4.48. The molecule has 9 heteroatoms. The summed E-state index contributed by atoms with van der Waals surface area (Å²) in [5.41, 5.74) is 6.62. The lowest BCUT2D eigenvalue weighted by molar-refractivity contribution is 0.730. The predicted octanol–water partition coefficient (Wildman–Crippen LogP) is 3.46. The summed E-state index contributed by atoms with van der Waals surface area (Å²) in [5.74, 6) is 0.918. The second-order valence-corrected chi connectivity index (χ2v) is 6.97. The molecule has 0 fully saturated rings. The van der Waals surface area contributed by atoms with E-state index in [4.69, 9.17) is 27.6 Å². The summed E-state index contributed by atoms with van der Waals surface area (Å²) in [6.07, 6.45) is 0. The van der Waals surface area contributed by atoms with Crippen molar-refractivity contribution in [3.05, 3.63) is 81.6 Å². The maximum atomic E-state index is 13.4. The highest BCUT2D eigenvalue weighted by Crippen LogP contribution is 2.24. The Morgan fingerprint density at radius 2 is 1.90 bits per heavy atom. The number of halogens is 1. The fourth-order valence-corrected chi connectivity index (χ4v) is 3.45. The van der Waals surface area contributed by atoms with Gasteiger partial charge in [0.1, 0.15) is 23.5 Å². The minimum Gasteiger partial charge on any atom is -0.383 e. The van der Waals surface area contributed by atoms with Gasteiger partial charge in [0.15, 0.2) is 0 Å². The van der Waals surface area contributed by atoms with Crippen LogP contribution in [-0.4, -0.2) is 19.5 Å². The van der Waals surface area contributed by atoms with Crippen LogP contribution in [0.25, 0.3) is 16.6 Å². The maximum Gasteiger partial charge on any atom is 0.267 e. The molecule has 1 atom stereocenters. The van der Waals surface area contributed by atoms with E-state index in [0.29, 0.717) is 33.3 Å². The highest BCUT2D eigenvalue weighted by molar-refractivity contribution is 6.35. The lowest BCUT2D eigenvalue weighted by Crippen LogP contribution is -2.27. The van der Waals surface area contributed by atoms with Gasteiger partial charge in [-0.1, -0.05) is 35.9 Å². The molecule has 0 spiro atoms. The van der Waals surface area contributed by atoms with Crippen LogP contribution in [0.2, 0.25) is 5.02 Å². The normalized spacial score (nSPS) is 11.8. The quantitative estimate of drug-likeness (QED) is 0.521. The molecule has 0 saturated carbocycles. The van der Waals surface area contributed by atoms with E-state index in [2.05, 4.69) is 15.3 Å². The second kappa shape index (κ2) is 7.81. The zero-order valence-electron chi connectivity index (χ0n) is 15.9. The Balaban J connectivity index is 1.90. The number of hydrogen-bond acceptors (Lipinski definition) is 7. The van der Waals surface area contributed by atoms with Crippen LogP contribution in [0.15, 0.2) is 59.4 Å². The first-order valence-electron chi connectivity index (χ1n) is 9.05. The number of nitrogen functional groups attached to an aromatic ring is 1. The summed E-state index contributed by atoms with van der Waals surface area (Å²) >= 11 is 6.30. The molecule has 30 heavy (non-hydrogen) atoms. The Hall–Kier alpha value is -3.96. The zero-order chi connectivity index (χ0) is 21.3. The first-order valence-corrected chi connectivity index (χ1v) is 9.43. The molecular weight excluding hydrogens is 402 g/mol. The van der Waals surface area contributed by atoms with Gasteiger partial charge < -0.3 is 11.1 Å². The Morgan fingerprint density at radius 1 is 1.13 bits per heavy atom. The lowest BCUT2D eigenvalue weighted by Gasteiger charge is -2.20. The molecule has 2 heterocycles. The minimum absolute atomic E-state index is 0.0524. The number of hydrogen-bond donors (Lipinski definition) is 2. The third kappa shape index (κ3) is 3.54. The van der Waals surface area contributed by atoms with Crippen molar-refractivity contribution in [2.75, 3.05) is 11.1 Å². The van der Waals surface area contributed by atoms with Crippen LogP contribution in [0.4, 0.5) is 11.6 Å². The highest BCUT2D eigenvalue weighted by Gasteiger charge is 2.20. The maximum absolute atomic E-state index is 13.4. The molecule has 0 saturated heterocycles. The van der Waals surface area contributed by atoms with Crippen LogP contribution in [0.1, 0.15) is 24.6 Å². The SMILES string of the molecule is CC(Nc1cc(N)nc(C#N)n1)c1nc2cccc(Cl)c2c(=O)n1-c1ccccc1. The Bertz CT molecular complexity index is 1350. The predicted molar refractivity (Wildman–Crippen MR) is 116 cm³/mol. The molecule has 148 valence electrons. The first-order chi connectivity index (χ1) is 14.5. The number of para-hydroxylation sites is 1. The van der Waals surface area contributed by atoms with Crippen molar-refractivity contribution < 1.29 is 0 Å². The fourth-order valence-electron chi connectivity index (χ4n) is 3.20. The van der Waals surface area contributed by atoms with Gasteiger partial charge in [0.2, 0.25) is 5.82 Å². The summed E-state index contributed by atoms with van der Waals surface area (Å²) in [6, 6.07) is 17.3. The van der Waals surface area contributed by atoms with Gasteiger partial charge in [0.25, 0.3) is 5.56 Å². The van der Waals surface area contributed by atoms with Gasteiger partial charge in [-0.2, -0.15) is 5.26 Å². The zero-order valence-corrected chi connectivity index (χ0v) is 16.6. The average Bonchev–Trinajstić information content (AvgIpc) is 2.73. The first kappa shape index (κ1) is 19.4. The van der Waals surface area contributed by atoms with E-state index in [9.17, 15) is 4.79 Å². The molecule has 1 unspecified atom stereocenters. The van der Waals surface area contributed by atoms with Crippen LogP contribution in [0.3, 0.4) is 0 Å². The summed E-state index contributed by atoms with van der Waals surface area (Å²) in [5, 5.41) is 12.9. The van der Waals surface area contributed by atoms with E-state index >= 15 is 0 Å². The molecule has 0 radical (unpaired) electrons. The molecule has 0 amide bonds. The fraction of sp³-hybridized carbons (Fsp3) is 0.0952. The van der Waals surface area contributed by atoms with Crippen molar-refractivity contribution in [1.29, 1.82) is 5.26 Å². The number of rotatable bonds is 4. The van der Waals surface area contributed by atoms with Gasteiger partial charge in [-0.3, -0.25) is 9.36 Å². The molecule has 4 aromatic rings. The van der Waals surface area contributed by atoms with E-state index in [1.807, 2.05) is 43.3 Å². The van der Waals surface area contributed by atoms with E-state index in [1.54, 1.807) is 18.2 Å². The monoisotopic (exact) mass is 417 g/mol. The summed E-state index contributed by atoms with van der Waals surface area (Å²) in [6.45, 7) is 1.84. The smallest absolute Gasteiger partial charge is 0.267 e. The molecule has 4 rings (SSSR count). The summed E-state index contributed by atoms with van der Waals surface area (Å²) in [7, 11) is 0. The van der Waals surface area contributed by atoms with Crippen LogP contribution >= 0.6 is 11.6 Å². The van der Waals surface area contributed by atoms with Crippen LogP contribution in [0.5, 0.6) is 0 Å². The van der Waals surface area contributed by atoms with E-state index in [-0.39, 0.29) is 17.2 Å². The van der Waals surface area contributed by atoms with Gasteiger partial charge in [0, 0.05) is 6.07 Å². The van der Waals surface area contributed by atoms with Gasteiger partial charge >= 0.3 is 0 Å². The molecule has 0 aliphatic carbocycles. The number of nitrogens with two attached hydrogens (primary N) is 1. The van der Waals surface area contributed by atoms with E-state index < -0.39 is 6.04 Å². The number of nitriles is 1. The van der Waals surface area contributed by atoms with Crippen LogP contribution in [-0.2, 0) is 0 Å².